The van der Waals surface area contributed by atoms with E-state index in [0.29, 0.717) is 12.0 Å². The Kier molecular flexibility index (Phi) is 3.97. The Morgan fingerprint density at radius 2 is 1.79 bits per heavy atom. The SMILES string of the molecule is CC(C)(C)C(NC=O)C1CCCCC1. The summed E-state index contributed by atoms with van der Waals surface area (Å²) in [6.07, 6.45) is 7.46. The van der Waals surface area contributed by atoms with Crippen LogP contribution in [0.2, 0.25) is 0 Å². The molecule has 0 aromatic heterocycles. The van der Waals surface area contributed by atoms with Crippen molar-refractivity contribution < 1.29 is 4.79 Å². The molecule has 1 saturated carbocycles. The molecule has 1 atom stereocenters. The van der Waals surface area contributed by atoms with Crippen LogP contribution in [0.4, 0.5) is 0 Å². The van der Waals surface area contributed by atoms with Gasteiger partial charge in [-0.2, -0.15) is 0 Å². The molecule has 1 N–H and O–H groups in total. The van der Waals surface area contributed by atoms with Gasteiger partial charge in [-0.15, -0.1) is 0 Å². The predicted octanol–water partition coefficient (Wildman–Crippen LogP) is 2.73. The van der Waals surface area contributed by atoms with Crippen LogP contribution in [-0.2, 0) is 4.79 Å². The van der Waals surface area contributed by atoms with Crippen LogP contribution in [0.1, 0.15) is 52.9 Å². The van der Waals surface area contributed by atoms with Crippen molar-refractivity contribution in [1.29, 1.82) is 0 Å². The number of hydrogen-bond acceptors (Lipinski definition) is 1. The van der Waals surface area contributed by atoms with E-state index in [1.165, 1.54) is 32.1 Å². The zero-order chi connectivity index (χ0) is 10.6. The van der Waals surface area contributed by atoms with Crippen molar-refractivity contribution in [2.45, 2.75) is 58.9 Å². The normalized spacial score (nSPS) is 21.6. The summed E-state index contributed by atoms with van der Waals surface area (Å²) in [5.74, 6) is 0.689. The van der Waals surface area contributed by atoms with Gasteiger partial charge in [-0.3, -0.25) is 4.79 Å². The maximum absolute atomic E-state index is 10.6. The van der Waals surface area contributed by atoms with Crippen LogP contribution in [0.15, 0.2) is 0 Å². The van der Waals surface area contributed by atoms with Gasteiger partial charge < -0.3 is 5.32 Å². The lowest BCUT2D eigenvalue weighted by atomic mass is 9.73. The molecule has 1 aliphatic rings. The molecule has 2 heteroatoms. The predicted molar refractivity (Wildman–Crippen MR) is 59.0 cm³/mol. The van der Waals surface area contributed by atoms with E-state index in [2.05, 4.69) is 26.1 Å². The molecule has 0 spiro atoms. The number of hydrogen-bond donors (Lipinski definition) is 1. The van der Waals surface area contributed by atoms with E-state index in [1.54, 1.807) is 0 Å². The summed E-state index contributed by atoms with van der Waals surface area (Å²) in [5, 5.41) is 3.01. The van der Waals surface area contributed by atoms with Gasteiger partial charge in [0.15, 0.2) is 0 Å². The van der Waals surface area contributed by atoms with Crippen molar-refractivity contribution in [3.05, 3.63) is 0 Å². The van der Waals surface area contributed by atoms with Crippen molar-refractivity contribution in [3.8, 4) is 0 Å². The second-order valence-electron chi connectivity index (χ2n) is 5.53. The number of amides is 1. The van der Waals surface area contributed by atoms with Crippen LogP contribution in [0.25, 0.3) is 0 Å². The molecule has 0 radical (unpaired) electrons. The zero-order valence-corrected chi connectivity index (χ0v) is 9.68. The van der Waals surface area contributed by atoms with Gasteiger partial charge in [-0.1, -0.05) is 40.0 Å². The summed E-state index contributed by atoms with van der Waals surface area (Å²) < 4.78 is 0. The highest BCUT2D eigenvalue weighted by Crippen LogP contribution is 2.34. The molecular weight excluding hydrogens is 174 g/mol. The van der Waals surface area contributed by atoms with E-state index in [9.17, 15) is 4.79 Å². The zero-order valence-electron chi connectivity index (χ0n) is 9.68. The Hall–Kier alpha value is -0.530. The van der Waals surface area contributed by atoms with Crippen molar-refractivity contribution >= 4 is 6.41 Å². The highest BCUT2D eigenvalue weighted by molar-refractivity contribution is 5.47. The number of rotatable bonds is 3. The van der Waals surface area contributed by atoms with E-state index in [1.807, 2.05) is 0 Å². The number of nitrogens with one attached hydrogen (secondary N) is 1. The molecule has 0 aliphatic heterocycles. The van der Waals surface area contributed by atoms with Gasteiger partial charge in [0.25, 0.3) is 0 Å². The molecule has 1 aliphatic carbocycles. The van der Waals surface area contributed by atoms with Gasteiger partial charge in [0.1, 0.15) is 0 Å². The van der Waals surface area contributed by atoms with Gasteiger partial charge >= 0.3 is 0 Å². The number of carbonyl (C=O) groups is 1. The number of carbonyl (C=O) groups excluding carboxylic acids is 1. The minimum Gasteiger partial charge on any atom is -0.355 e. The summed E-state index contributed by atoms with van der Waals surface area (Å²) in [7, 11) is 0. The van der Waals surface area contributed by atoms with E-state index in [4.69, 9.17) is 0 Å². The molecule has 2 nitrogen and oxygen atoms in total. The maximum Gasteiger partial charge on any atom is 0.207 e. The van der Waals surface area contributed by atoms with Crippen LogP contribution in [0.5, 0.6) is 0 Å². The largest absolute Gasteiger partial charge is 0.355 e. The molecule has 1 unspecified atom stereocenters. The first-order valence-electron chi connectivity index (χ1n) is 5.75. The van der Waals surface area contributed by atoms with Crippen molar-refractivity contribution in [2.24, 2.45) is 11.3 Å². The lowest BCUT2D eigenvalue weighted by Crippen LogP contribution is -2.45. The minimum absolute atomic E-state index is 0.183. The van der Waals surface area contributed by atoms with Crippen LogP contribution >= 0.6 is 0 Å². The van der Waals surface area contributed by atoms with Crippen molar-refractivity contribution in [2.75, 3.05) is 0 Å². The van der Waals surface area contributed by atoms with E-state index in [-0.39, 0.29) is 5.41 Å². The van der Waals surface area contributed by atoms with E-state index >= 15 is 0 Å². The van der Waals surface area contributed by atoms with Gasteiger partial charge in [0.05, 0.1) is 0 Å². The first kappa shape index (κ1) is 11.5. The fraction of sp³-hybridized carbons (Fsp3) is 0.917. The average molecular weight is 197 g/mol. The Balaban J connectivity index is 2.60. The lowest BCUT2D eigenvalue weighted by Gasteiger charge is -2.38. The molecule has 82 valence electrons. The van der Waals surface area contributed by atoms with Crippen LogP contribution < -0.4 is 5.32 Å². The summed E-state index contributed by atoms with van der Waals surface area (Å²) in [4.78, 5) is 10.6. The van der Waals surface area contributed by atoms with Gasteiger partial charge in [0.2, 0.25) is 6.41 Å². The molecule has 14 heavy (non-hydrogen) atoms. The summed E-state index contributed by atoms with van der Waals surface area (Å²) in [5.41, 5.74) is 0.183. The first-order valence-corrected chi connectivity index (χ1v) is 5.75. The fourth-order valence-electron chi connectivity index (χ4n) is 2.63. The second kappa shape index (κ2) is 4.81. The Bertz CT molecular complexity index is 177. The third-order valence-electron chi connectivity index (χ3n) is 3.30. The Morgan fingerprint density at radius 3 is 2.21 bits per heavy atom. The van der Waals surface area contributed by atoms with Gasteiger partial charge in [0, 0.05) is 6.04 Å². The molecule has 0 bridgehead atoms. The minimum atomic E-state index is 0.183. The molecule has 0 aromatic carbocycles. The summed E-state index contributed by atoms with van der Waals surface area (Å²) in [6, 6.07) is 0.347. The van der Waals surface area contributed by atoms with Gasteiger partial charge in [-0.25, -0.2) is 0 Å². The second-order valence-corrected chi connectivity index (χ2v) is 5.53. The smallest absolute Gasteiger partial charge is 0.207 e. The maximum atomic E-state index is 10.6. The van der Waals surface area contributed by atoms with E-state index in [0.717, 1.165) is 6.41 Å². The molecule has 0 heterocycles. The fourth-order valence-corrected chi connectivity index (χ4v) is 2.63. The third-order valence-corrected chi connectivity index (χ3v) is 3.30. The van der Waals surface area contributed by atoms with E-state index < -0.39 is 0 Å². The summed E-state index contributed by atoms with van der Waals surface area (Å²) in [6.45, 7) is 6.63. The highest BCUT2D eigenvalue weighted by atomic mass is 16.1. The Morgan fingerprint density at radius 1 is 1.21 bits per heavy atom. The highest BCUT2D eigenvalue weighted by Gasteiger charge is 2.32. The topological polar surface area (TPSA) is 29.1 Å². The van der Waals surface area contributed by atoms with Crippen molar-refractivity contribution in [1.82, 2.24) is 5.32 Å². The standard InChI is InChI=1S/C12H23NO/c1-12(2,3)11(13-9-14)10-7-5-4-6-8-10/h9-11H,4-8H2,1-3H3,(H,13,14). The quantitative estimate of drug-likeness (QED) is 0.692. The molecule has 1 amide bonds. The average Bonchev–Trinajstić information content (AvgIpc) is 2.14. The molecule has 1 fully saturated rings. The monoisotopic (exact) mass is 197 g/mol. The lowest BCUT2D eigenvalue weighted by molar-refractivity contribution is -0.111. The van der Waals surface area contributed by atoms with Crippen LogP contribution in [-0.4, -0.2) is 12.5 Å². The molecule has 1 rings (SSSR count). The molecule has 0 saturated heterocycles. The summed E-state index contributed by atoms with van der Waals surface area (Å²) >= 11 is 0. The van der Waals surface area contributed by atoms with Gasteiger partial charge in [-0.05, 0) is 24.2 Å². The first-order chi connectivity index (χ1) is 6.55. The Labute approximate surface area is 87.5 Å². The molecule has 0 aromatic rings. The van der Waals surface area contributed by atoms with Crippen molar-refractivity contribution in [3.63, 3.8) is 0 Å². The third kappa shape index (κ3) is 3.00. The molecular formula is C12H23NO. The van der Waals surface area contributed by atoms with Crippen LogP contribution in [0.3, 0.4) is 0 Å². The van der Waals surface area contributed by atoms with Crippen LogP contribution in [0, 0.1) is 11.3 Å².